The highest BCUT2D eigenvalue weighted by molar-refractivity contribution is 5.89. The summed E-state index contributed by atoms with van der Waals surface area (Å²) in [5.41, 5.74) is 1.68. The summed E-state index contributed by atoms with van der Waals surface area (Å²) in [6.45, 7) is 6.99. The second kappa shape index (κ2) is 17.3. The lowest BCUT2D eigenvalue weighted by molar-refractivity contribution is 0.0526. The van der Waals surface area contributed by atoms with Crippen LogP contribution in [-0.4, -0.2) is 19.1 Å². The highest BCUT2D eigenvalue weighted by Crippen LogP contribution is 2.14. The normalized spacial score (nSPS) is 10.6. The van der Waals surface area contributed by atoms with Crippen molar-refractivity contribution in [3.63, 3.8) is 0 Å². The van der Waals surface area contributed by atoms with Crippen LogP contribution in [0.5, 0.6) is 0 Å². The van der Waals surface area contributed by atoms with Crippen LogP contribution >= 0.6 is 0 Å². The number of benzene rings is 1. The van der Waals surface area contributed by atoms with Crippen LogP contribution in [0.1, 0.15) is 101 Å². The van der Waals surface area contributed by atoms with Crippen molar-refractivity contribution in [1.82, 2.24) is 0 Å². The lowest BCUT2D eigenvalue weighted by Crippen LogP contribution is -2.05. The molecule has 0 aliphatic rings. The second-order valence-corrected chi connectivity index (χ2v) is 7.54. The second-order valence-electron chi connectivity index (χ2n) is 7.54. The van der Waals surface area contributed by atoms with Gasteiger partial charge in [0.2, 0.25) is 0 Å². The maximum atomic E-state index is 11.6. The predicted octanol–water partition coefficient (Wildman–Crippen LogP) is 7.53. The molecule has 0 amide bonds. The quantitative estimate of drug-likeness (QED) is 0.161. The van der Waals surface area contributed by atoms with E-state index in [1.807, 2.05) is 37.3 Å². The first kappa shape index (κ1) is 24.3. The zero-order valence-corrected chi connectivity index (χ0v) is 18.0. The molecule has 1 rings (SSSR count). The van der Waals surface area contributed by atoms with Crippen molar-refractivity contribution < 1.29 is 9.53 Å². The summed E-state index contributed by atoms with van der Waals surface area (Å²) in [4.78, 5) is 11.6. The molecule has 0 unspecified atom stereocenters. The number of rotatable bonds is 18. The van der Waals surface area contributed by atoms with Gasteiger partial charge in [0.1, 0.15) is 0 Å². The Kier molecular flexibility index (Phi) is 15.0. The minimum absolute atomic E-state index is 0.252. The molecule has 3 heteroatoms. The number of esters is 1. The number of nitrogens with one attached hydrogen (secondary N) is 1. The number of carbonyl (C=O) groups is 1. The van der Waals surface area contributed by atoms with E-state index in [1.165, 1.54) is 83.5 Å². The van der Waals surface area contributed by atoms with Crippen molar-refractivity contribution in [3.05, 3.63) is 42.5 Å². The minimum atomic E-state index is -0.252. The minimum Gasteiger partial charge on any atom is -0.462 e. The van der Waals surface area contributed by atoms with Crippen LogP contribution in [-0.2, 0) is 4.74 Å². The van der Waals surface area contributed by atoms with Gasteiger partial charge in [0.15, 0.2) is 0 Å². The van der Waals surface area contributed by atoms with Gasteiger partial charge in [-0.25, -0.2) is 4.79 Å². The molecule has 0 heterocycles. The third-order valence-corrected chi connectivity index (χ3v) is 5.06. The van der Waals surface area contributed by atoms with Crippen molar-refractivity contribution >= 4 is 11.7 Å². The molecular formula is C25H41NO2. The van der Waals surface area contributed by atoms with Crippen molar-refractivity contribution in [2.45, 2.75) is 90.4 Å². The molecule has 1 aromatic rings. The first-order chi connectivity index (χ1) is 13.8. The summed E-state index contributed by atoms with van der Waals surface area (Å²) in [7, 11) is 0. The summed E-state index contributed by atoms with van der Waals surface area (Å²) in [5.74, 6) is -0.252. The van der Waals surface area contributed by atoms with Crippen LogP contribution in [0.2, 0.25) is 0 Å². The fraction of sp³-hybridized carbons (Fsp3) is 0.640. The topological polar surface area (TPSA) is 38.3 Å². The van der Waals surface area contributed by atoms with E-state index in [4.69, 9.17) is 4.74 Å². The molecule has 0 aliphatic heterocycles. The molecule has 0 aliphatic carbocycles. The zero-order chi connectivity index (χ0) is 20.3. The highest BCUT2D eigenvalue weighted by Gasteiger charge is 2.05. The number of ether oxygens (including phenoxy) is 1. The van der Waals surface area contributed by atoms with Gasteiger partial charge in [-0.2, -0.15) is 0 Å². The standard InChI is InChI=1S/C25H41NO2/c1-3-5-6-7-8-9-10-11-12-13-14-15-16-17-22-26-24-20-18-23(19-21-24)25(27)28-4-2/h3,18-21,26H,1,4-17,22H2,2H3. The zero-order valence-electron chi connectivity index (χ0n) is 18.0. The van der Waals surface area contributed by atoms with Crippen LogP contribution in [0.4, 0.5) is 5.69 Å². The van der Waals surface area contributed by atoms with Crippen LogP contribution < -0.4 is 5.32 Å². The van der Waals surface area contributed by atoms with Crippen molar-refractivity contribution in [3.8, 4) is 0 Å². The molecule has 158 valence electrons. The Labute approximate surface area is 173 Å². The van der Waals surface area contributed by atoms with Crippen LogP contribution in [0.25, 0.3) is 0 Å². The van der Waals surface area contributed by atoms with E-state index in [1.54, 1.807) is 0 Å². The summed E-state index contributed by atoms with van der Waals surface area (Å²) >= 11 is 0. The van der Waals surface area contributed by atoms with E-state index in [2.05, 4.69) is 11.9 Å². The summed E-state index contributed by atoms with van der Waals surface area (Å²) in [6.07, 6.45) is 19.5. The van der Waals surface area contributed by atoms with Crippen molar-refractivity contribution in [2.24, 2.45) is 0 Å². The number of anilines is 1. The van der Waals surface area contributed by atoms with Gasteiger partial charge in [0.25, 0.3) is 0 Å². The number of hydrogen-bond donors (Lipinski definition) is 1. The average molecular weight is 388 g/mol. The highest BCUT2D eigenvalue weighted by atomic mass is 16.5. The Morgan fingerprint density at radius 2 is 1.36 bits per heavy atom. The molecule has 0 fully saturated rings. The SMILES string of the molecule is C=CCCCCCCCCCCCCCCNc1ccc(C(=O)OCC)cc1. The monoisotopic (exact) mass is 387 g/mol. The van der Waals surface area contributed by atoms with Gasteiger partial charge in [-0.05, 0) is 50.5 Å². The number of allylic oxidation sites excluding steroid dienone is 1. The number of carbonyl (C=O) groups excluding carboxylic acids is 1. The molecule has 0 spiro atoms. The fourth-order valence-electron chi connectivity index (χ4n) is 3.35. The van der Waals surface area contributed by atoms with E-state index in [9.17, 15) is 4.79 Å². The molecule has 1 aromatic carbocycles. The lowest BCUT2D eigenvalue weighted by atomic mass is 10.0. The molecule has 1 N–H and O–H groups in total. The van der Waals surface area contributed by atoms with Gasteiger partial charge in [-0.1, -0.05) is 70.3 Å². The molecule has 0 bridgehead atoms. The summed E-state index contributed by atoms with van der Waals surface area (Å²) < 4.78 is 5.00. The fourth-order valence-corrected chi connectivity index (χ4v) is 3.35. The van der Waals surface area contributed by atoms with Crippen LogP contribution in [0, 0.1) is 0 Å². The van der Waals surface area contributed by atoms with Gasteiger partial charge < -0.3 is 10.1 Å². The maximum absolute atomic E-state index is 11.6. The Balaban J connectivity index is 1.89. The lowest BCUT2D eigenvalue weighted by Gasteiger charge is -2.07. The summed E-state index contributed by atoms with van der Waals surface area (Å²) in [5, 5.41) is 3.43. The van der Waals surface area contributed by atoms with Crippen LogP contribution in [0.15, 0.2) is 36.9 Å². The van der Waals surface area contributed by atoms with Crippen molar-refractivity contribution in [2.75, 3.05) is 18.5 Å². The molecule has 0 aromatic heterocycles. The Hall–Kier alpha value is -1.77. The first-order valence-corrected chi connectivity index (χ1v) is 11.4. The molecule has 0 atom stereocenters. The van der Waals surface area contributed by atoms with E-state index < -0.39 is 0 Å². The first-order valence-electron chi connectivity index (χ1n) is 11.4. The number of unbranched alkanes of at least 4 members (excludes halogenated alkanes) is 12. The van der Waals surface area contributed by atoms with E-state index in [-0.39, 0.29) is 5.97 Å². The number of hydrogen-bond acceptors (Lipinski definition) is 3. The molecule has 0 saturated heterocycles. The molecule has 0 radical (unpaired) electrons. The average Bonchev–Trinajstić information content (AvgIpc) is 2.71. The van der Waals surface area contributed by atoms with Gasteiger partial charge in [-0.3, -0.25) is 0 Å². The third kappa shape index (κ3) is 12.6. The molecular weight excluding hydrogens is 346 g/mol. The van der Waals surface area contributed by atoms with Gasteiger partial charge in [-0.15, -0.1) is 6.58 Å². The molecule has 28 heavy (non-hydrogen) atoms. The smallest absolute Gasteiger partial charge is 0.338 e. The van der Waals surface area contributed by atoms with Gasteiger partial charge in [0, 0.05) is 12.2 Å². The summed E-state index contributed by atoms with van der Waals surface area (Å²) in [6, 6.07) is 7.54. The maximum Gasteiger partial charge on any atom is 0.338 e. The largest absolute Gasteiger partial charge is 0.462 e. The van der Waals surface area contributed by atoms with Gasteiger partial charge >= 0.3 is 5.97 Å². The molecule has 0 saturated carbocycles. The van der Waals surface area contributed by atoms with Crippen molar-refractivity contribution in [1.29, 1.82) is 0 Å². The third-order valence-electron chi connectivity index (χ3n) is 5.06. The Morgan fingerprint density at radius 3 is 1.86 bits per heavy atom. The predicted molar refractivity (Wildman–Crippen MR) is 121 cm³/mol. The van der Waals surface area contributed by atoms with E-state index >= 15 is 0 Å². The molecule has 3 nitrogen and oxygen atoms in total. The van der Waals surface area contributed by atoms with Crippen LogP contribution in [0.3, 0.4) is 0 Å². The van der Waals surface area contributed by atoms with E-state index in [0.29, 0.717) is 12.2 Å². The van der Waals surface area contributed by atoms with Gasteiger partial charge in [0.05, 0.1) is 12.2 Å². The van der Waals surface area contributed by atoms with E-state index in [0.717, 1.165) is 12.2 Å². The Bertz CT molecular complexity index is 510. The Morgan fingerprint density at radius 1 is 0.857 bits per heavy atom.